The highest BCUT2D eigenvalue weighted by molar-refractivity contribution is 7.09. The molecule has 2 heteroatoms. The summed E-state index contributed by atoms with van der Waals surface area (Å²) in [5.74, 6) is 0. The van der Waals surface area contributed by atoms with Gasteiger partial charge < -0.3 is 5.11 Å². The lowest BCUT2D eigenvalue weighted by Gasteiger charge is -2.09. The summed E-state index contributed by atoms with van der Waals surface area (Å²) < 4.78 is 0. The number of hydrogen-bond donors (Lipinski definition) is 1. The Morgan fingerprint density at radius 1 is 0.944 bits per heavy atom. The van der Waals surface area contributed by atoms with Crippen molar-refractivity contribution in [2.75, 3.05) is 0 Å². The minimum Gasteiger partial charge on any atom is -0.393 e. The third-order valence-corrected chi connectivity index (χ3v) is 4.09. The van der Waals surface area contributed by atoms with Crippen molar-refractivity contribution >= 4 is 11.3 Å². The van der Waals surface area contributed by atoms with Crippen molar-refractivity contribution < 1.29 is 5.11 Å². The number of rotatable bonds is 7. The maximum Gasteiger partial charge on any atom is 0.0543 e. The molecule has 1 heterocycles. The molecule has 0 aliphatic heterocycles. The van der Waals surface area contributed by atoms with Crippen LogP contribution in [0.15, 0.2) is 47.8 Å². The molecular formula is C16H20OS. The number of hydrogen-bond acceptors (Lipinski definition) is 2. The van der Waals surface area contributed by atoms with Gasteiger partial charge in [-0.1, -0.05) is 36.4 Å². The molecule has 1 aromatic carbocycles. The number of aliphatic hydroxyl groups excluding tert-OH is 1. The normalized spacial score (nSPS) is 12.5. The van der Waals surface area contributed by atoms with E-state index in [9.17, 15) is 5.11 Å². The number of aliphatic hydroxyl groups is 1. The van der Waals surface area contributed by atoms with Gasteiger partial charge in [-0.3, -0.25) is 0 Å². The van der Waals surface area contributed by atoms with Crippen LogP contribution in [0.1, 0.15) is 29.7 Å². The van der Waals surface area contributed by atoms with Gasteiger partial charge in [0, 0.05) is 4.88 Å². The summed E-state index contributed by atoms with van der Waals surface area (Å²) in [5.41, 5.74) is 1.31. The van der Waals surface area contributed by atoms with Crippen molar-refractivity contribution in [3.63, 3.8) is 0 Å². The third kappa shape index (κ3) is 4.63. The van der Waals surface area contributed by atoms with Gasteiger partial charge in [0.05, 0.1) is 6.10 Å². The molecule has 0 amide bonds. The summed E-state index contributed by atoms with van der Waals surface area (Å²) in [7, 11) is 0. The predicted octanol–water partition coefficient (Wildman–Crippen LogP) is 4.06. The first-order valence-corrected chi connectivity index (χ1v) is 7.47. The molecule has 0 fully saturated rings. The van der Waals surface area contributed by atoms with Crippen LogP contribution in [0.4, 0.5) is 0 Å². The van der Waals surface area contributed by atoms with Gasteiger partial charge in [0.25, 0.3) is 0 Å². The van der Waals surface area contributed by atoms with Crippen molar-refractivity contribution in [2.45, 2.75) is 38.2 Å². The van der Waals surface area contributed by atoms with Gasteiger partial charge in [0.1, 0.15) is 0 Å². The van der Waals surface area contributed by atoms with Crippen LogP contribution in [0.5, 0.6) is 0 Å². The van der Waals surface area contributed by atoms with E-state index in [1.54, 1.807) is 11.3 Å². The van der Waals surface area contributed by atoms with E-state index in [-0.39, 0.29) is 6.10 Å². The first kappa shape index (κ1) is 13.3. The number of thiophene rings is 1. The predicted molar refractivity (Wildman–Crippen MR) is 78.0 cm³/mol. The zero-order chi connectivity index (χ0) is 12.6. The molecule has 0 aliphatic carbocycles. The Balaban J connectivity index is 1.62. The van der Waals surface area contributed by atoms with Gasteiger partial charge in [-0.2, -0.15) is 0 Å². The molecule has 0 radical (unpaired) electrons. The molecule has 1 nitrogen and oxygen atoms in total. The highest BCUT2D eigenvalue weighted by Gasteiger charge is 2.05. The molecular weight excluding hydrogens is 240 g/mol. The van der Waals surface area contributed by atoms with Crippen molar-refractivity contribution in [1.82, 2.24) is 0 Å². The molecule has 0 saturated heterocycles. The van der Waals surface area contributed by atoms with Crippen LogP contribution in [-0.2, 0) is 12.8 Å². The van der Waals surface area contributed by atoms with Gasteiger partial charge in [-0.25, -0.2) is 0 Å². The second-order valence-electron chi connectivity index (χ2n) is 4.65. The van der Waals surface area contributed by atoms with Gasteiger partial charge in [-0.05, 0) is 49.1 Å². The Bertz CT molecular complexity index is 422. The first-order valence-electron chi connectivity index (χ1n) is 6.59. The molecule has 1 unspecified atom stereocenters. The second-order valence-corrected chi connectivity index (χ2v) is 5.68. The fraction of sp³-hybridized carbons (Fsp3) is 0.375. The molecule has 0 bridgehead atoms. The molecule has 96 valence electrons. The highest BCUT2D eigenvalue weighted by Crippen LogP contribution is 2.14. The average molecular weight is 260 g/mol. The third-order valence-electron chi connectivity index (χ3n) is 3.15. The van der Waals surface area contributed by atoms with E-state index in [1.165, 1.54) is 10.4 Å². The topological polar surface area (TPSA) is 20.2 Å². The smallest absolute Gasteiger partial charge is 0.0543 e. The van der Waals surface area contributed by atoms with Crippen molar-refractivity contribution in [2.24, 2.45) is 0 Å². The van der Waals surface area contributed by atoms with Crippen LogP contribution in [0.25, 0.3) is 0 Å². The molecule has 1 atom stereocenters. The summed E-state index contributed by atoms with van der Waals surface area (Å²) in [6.45, 7) is 0. The summed E-state index contributed by atoms with van der Waals surface area (Å²) in [6, 6.07) is 14.6. The van der Waals surface area contributed by atoms with Crippen molar-refractivity contribution in [3.8, 4) is 0 Å². The quantitative estimate of drug-likeness (QED) is 0.796. The Kier molecular flexibility index (Phi) is 5.43. The van der Waals surface area contributed by atoms with E-state index in [2.05, 4.69) is 41.8 Å². The maximum absolute atomic E-state index is 9.94. The van der Waals surface area contributed by atoms with E-state index >= 15 is 0 Å². The van der Waals surface area contributed by atoms with Crippen LogP contribution >= 0.6 is 11.3 Å². The number of aryl methyl sites for hydroxylation is 2. The maximum atomic E-state index is 9.94. The van der Waals surface area contributed by atoms with Gasteiger partial charge >= 0.3 is 0 Å². The molecule has 2 rings (SSSR count). The Morgan fingerprint density at radius 3 is 2.50 bits per heavy atom. The Labute approximate surface area is 113 Å². The largest absolute Gasteiger partial charge is 0.393 e. The van der Waals surface area contributed by atoms with E-state index in [4.69, 9.17) is 0 Å². The van der Waals surface area contributed by atoms with Crippen LogP contribution in [0, 0.1) is 0 Å². The summed E-state index contributed by atoms with van der Waals surface area (Å²) in [5, 5.41) is 12.1. The van der Waals surface area contributed by atoms with Gasteiger partial charge in [-0.15, -0.1) is 11.3 Å². The standard InChI is InChI=1S/C16H20OS/c17-15(8-4-9-16-10-5-13-18-16)12-11-14-6-2-1-3-7-14/h1-3,5-7,10,13,15,17H,4,8-9,11-12H2. The first-order chi connectivity index (χ1) is 8.84. The highest BCUT2D eigenvalue weighted by atomic mass is 32.1. The van der Waals surface area contributed by atoms with E-state index in [0.29, 0.717) is 0 Å². The van der Waals surface area contributed by atoms with Crippen LogP contribution in [0.2, 0.25) is 0 Å². The van der Waals surface area contributed by atoms with Crippen molar-refractivity contribution in [1.29, 1.82) is 0 Å². The molecule has 2 aromatic rings. The fourth-order valence-electron chi connectivity index (χ4n) is 2.09. The van der Waals surface area contributed by atoms with Gasteiger partial charge in [0.2, 0.25) is 0 Å². The van der Waals surface area contributed by atoms with Crippen LogP contribution in [-0.4, -0.2) is 11.2 Å². The zero-order valence-corrected chi connectivity index (χ0v) is 11.4. The van der Waals surface area contributed by atoms with E-state index in [0.717, 1.165) is 32.1 Å². The number of benzene rings is 1. The lowest BCUT2D eigenvalue weighted by molar-refractivity contribution is 0.152. The Morgan fingerprint density at radius 2 is 1.78 bits per heavy atom. The minimum atomic E-state index is -0.162. The molecule has 0 aliphatic rings. The molecule has 18 heavy (non-hydrogen) atoms. The van der Waals surface area contributed by atoms with Crippen molar-refractivity contribution in [3.05, 3.63) is 58.3 Å². The second kappa shape index (κ2) is 7.34. The van der Waals surface area contributed by atoms with Crippen LogP contribution < -0.4 is 0 Å². The summed E-state index contributed by atoms with van der Waals surface area (Å²) >= 11 is 1.80. The average Bonchev–Trinajstić information content (AvgIpc) is 2.91. The lowest BCUT2D eigenvalue weighted by atomic mass is 10.0. The Hall–Kier alpha value is -1.12. The molecule has 1 aromatic heterocycles. The van der Waals surface area contributed by atoms with E-state index < -0.39 is 0 Å². The molecule has 1 N–H and O–H groups in total. The fourth-order valence-corrected chi connectivity index (χ4v) is 2.84. The van der Waals surface area contributed by atoms with E-state index in [1.807, 2.05) is 6.07 Å². The minimum absolute atomic E-state index is 0.162. The zero-order valence-electron chi connectivity index (χ0n) is 10.6. The SMILES string of the molecule is OC(CCCc1cccs1)CCc1ccccc1. The lowest BCUT2D eigenvalue weighted by Crippen LogP contribution is -2.08. The van der Waals surface area contributed by atoms with Crippen LogP contribution in [0.3, 0.4) is 0 Å². The monoisotopic (exact) mass is 260 g/mol. The molecule has 0 spiro atoms. The summed E-state index contributed by atoms with van der Waals surface area (Å²) in [4.78, 5) is 1.42. The van der Waals surface area contributed by atoms with Gasteiger partial charge in [0.15, 0.2) is 0 Å². The molecule has 0 saturated carbocycles. The summed E-state index contributed by atoms with van der Waals surface area (Å²) in [6.07, 6.45) is 4.77.